The molecule has 3 aromatic carbocycles. The quantitative estimate of drug-likeness (QED) is 0.573. The summed E-state index contributed by atoms with van der Waals surface area (Å²) in [6, 6.07) is 12.7. The van der Waals surface area contributed by atoms with E-state index in [4.69, 9.17) is 9.47 Å². The maximum atomic E-state index is 13.9. The SMILES string of the molecule is CCOc1c(F)cc(Oc2ccc3cc(C(C)=O)ccc3c2)cc1F. The maximum Gasteiger partial charge on any atom is 0.190 e. The van der Waals surface area contributed by atoms with E-state index in [2.05, 4.69) is 0 Å². The first-order valence-electron chi connectivity index (χ1n) is 7.82. The van der Waals surface area contributed by atoms with Crippen LogP contribution in [0.4, 0.5) is 8.78 Å². The zero-order chi connectivity index (χ0) is 18.0. The molecule has 128 valence electrons. The second-order valence-corrected chi connectivity index (χ2v) is 5.53. The number of ketones is 1. The minimum Gasteiger partial charge on any atom is -0.488 e. The van der Waals surface area contributed by atoms with Crippen LogP contribution >= 0.6 is 0 Å². The van der Waals surface area contributed by atoms with Crippen molar-refractivity contribution in [2.45, 2.75) is 13.8 Å². The molecule has 0 aliphatic heterocycles. The number of carbonyl (C=O) groups excluding carboxylic acids is 1. The van der Waals surface area contributed by atoms with Gasteiger partial charge in [-0.25, -0.2) is 8.78 Å². The number of carbonyl (C=O) groups is 1. The molecule has 3 aromatic rings. The summed E-state index contributed by atoms with van der Waals surface area (Å²) in [6.07, 6.45) is 0. The molecule has 0 N–H and O–H groups in total. The summed E-state index contributed by atoms with van der Waals surface area (Å²) in [5, 5.41) is 1.73. The number of hydrogen-bond acceptors (Lipinski definition) is 3. The Labute approximate surface area is 143 Å². The Hall–Kier alpha value is -2.95. The zero-order valence-electron chi connectivity index (χ0n) is 13.8. The molecule has 0 amide bonds. The molecule has 0 spiro atoms. The molecule has 3 rings (SSSR count). The van der Waals surface area contributed by atoms with Crippen molar-refractivity contribution in [1.82, 2.24) is 0 Å². The van der Waals surface area contributed by atoms with Gasteiger partial charge in [0.2, 0.25) is 0 Å². The van der Waals surface area contributed by atoms with Crippen LogP contribution in [-0.4, -0.2) is 12.4 Å². The smallest absolute Gasteiger partial charge is 0.190 e. The molecule has 0 fully saturated rings. The van der Waals surface area contributed by atoms with Crippen molar-refractivity contribution in [1.29, 1.82) is 0 Å². The third-order valence-electron chi connectivity index (χ3n) is 3.71. The highest BCUT2D eigenvalue weighted by Gasteiger charge is 2.13. The van der Waals surface area contributed by atoms with Crippen LogP contribution in [0.1, 0.15) is 24.2 Å². The summed E-state index contributed by atoms with van der Waals surface area (Å²) >= 11 is 0. The van der Waals surface area contributed by atoms with Gasteiger partial charge in [-0.2, -0.15) is 0 Å². The van der Waals surface area contributed by atoms with E-state index in [9.17, 15) is 13.6 Å². The van der Waals surface area contributed by atoms with Gasteiger partial charge in [0.25, 0.3) is 0 Å². The number of hydrogen-bond donors (Lipinski definition) is 0. The van der Waals surface area contributed by atoms with Crippen LogP contribution in [0.25, 0.3) is 10.8 Å². The van der Waals surface area contributed by atoms with Crippen molar-refractivity contribution in [2.75, 3.05) is 6.61 Å². The Bertz CT molecular complexity index is 928. The molecule has 0 saturated heterocycles. The molecule has 0 saturated carbocycles. The topological polar surface area (TPSA) is 35.5 Å². The van der Waals surface area contributed by atoms with E-state index in [1.165, 1.54) is 6.92 Å². The first-order chi connectivity index (χ1) is 12.0. The van der Waals surface area contributed by atoms with E-state index in [-0.39, 0.29) is 18.1 Å². The number of halogens is 2. The van der Waals surface area contributed by atoms with Crippen molar-refractivity contribution in [2.24, 2.45) is 0 Å². The molecule has 0 atom stereocenters. The van der Waals surface area contributed by atoms with Gasteiger partial charge in [-0.05, 0) is 42.8 Å². The fourth-order valence-electron chi connectivity index (χ4n) is 2.52. The number of benzene rings is 3. The van der Waals surface area contributed by atoms with Gasteiger partial charge in [0, 0.05) is 17.7 Å². The van der Waals surface area contributed by atoms with Crippen LogP contribution in [0.5, 0.6) is 17.2 Å². The number of fused-ring (bicyclic) bond motifs is 1. The third kappa shape index (κ3) is 3.60. The lowest BCUT2D eigenvalue weighted by atomic mass is 10.0. The molecular weight excluding hydrogens is 326 g/mol. The first kappa shape index (κ1) is 16.9. The number of rotatable bonds is 5. The average molecular weight is 342 g/mol. The van der Waals surface area contributed by atoms with Crippen LogP contribution in [0.15, 0.2) is 48.5 Å². The molecule has 0 aliphatic rings. The van der Waals surface area contributed by atoms with Crippen molar-refractivity contribution < 1.29 is 23.0 Å². The molecule has 0 aliphatic carbocycles. The molecule has 0 unspecified atom stereocenters. The Morgan fingerprint density at radius 3 is 2.20 bits per heavy atom. The van der Waals surface area contributed by atoms with E-state index >= 15 is 0 Å². The predicted octanol–water partition coefficient (Wildman–Crippen LogP) is 5.51. The third-order valence-corrected chi connectivity index (χ3v) is 3.71. The van der Waals surface area contributed by atoms with E-state index < -0.39 is 17.4 Å². The molecule has 25 heavy (non-hydrogen) atoms. The monoisotopic (exact) mass is 342 g/mol. The van der Waals surface area contributed by atoms with Crippen LogP contribution in [0.3, 0.4) is 0 Å². The Balaban J connectivity index is 1.90. The molecule has 0 radical (unpaired) electrons. The lowest BCUT2D eigenvalue weighted by Gasteiger charge is -2.10. The van der Waals surface area contributed by atoms with Gasteiger partial charge in [0.1, 0.15) is 11.5 Å². The standard InChI is InChI=1S/C20H16F2O3/c1-3-24-20-18(21)10-17(11-19(20)22)25-16-7-6-14-8-13(12(2)23)4-5-15(14)9-16/h4-11H,3H2,1-2H3. The van der Waals surface area contributed by atoms with Gasteiger partial charge in [0.15, 0.2) is 23.2 Å². The first-order valence-corrected chi connectivity index (χ1v) is 7.82. The number of ether oxygens (including phenoxy) is 2. The van der Waals surface area contributed by atoms with Crippen molar-refractivity contribution in [3.8, 4) is 17.2 Å². The summed E-state index contributed by atoms with van der Waals surface area (Å²) in [4.78, 5) is 11.4. The lowest BCUT2D eigenvalue weighted by Crippen LogP contribution is -1.98. The van der Waals surface area contributed by atoms with Crippen molar-refractivity contribution in [3.05, 3.63) is 65.7 Å². The van der Waals surface area contributed by atoms with Crippen LogP contribution in [0, 0.1) is 11.6 Å². The summed E-state index contributed by atoms with van der Waals surface area (Å²) in [7, 11) is 0. The van der Waals surface area contributed by atoms with Crippen molar-refractivity contribution in [3.63, 3.8) is 0 Å². The second kappa shape index (κ2) is 6.89. The minimum absolute atomic E-state index is 0.0115. The van der Waals surface area contributed by atoms with Gasteiger partial charge in [-0.15, -0.1) is 0 Å². The minimum atomic E-state index is -0.816. The fraction of sp³-hybridized carbons (Fsp3) is 0.150. The Morgan fingerprint density at radius 1 is 0.920 bits per heavy atom. The average Bonchev–Trinajstić information content (AvgIpc) is 2.57. The van der Waals surface area contributed by atoms with E-state index in [0.717, 1.165) is 22.9 Å². The molecular formula is C20H16F2O3. The summed E-state index contributed by atoms with van der Waals surface area (Å²) < 4.78 is 38.3. The zero-order valence-corrected chi connectivity index (χ0v) is 13.8. The molecule has 0 heterocycles. The molecule has 0 aromatic heterocycles. The highest BCUT2D eigenvalue weighted by molar-refractivity contribution is 5.98. The fourth-order valence-corrected chi connectivity index (χ4v) is 2.52. The molecule has 3 nitrogen and oxygen atoms in total. The van der Waals surface area contributed by atoms with Gasteiger partial charge in [-0.3, -0.25) is 4.79 Å². The van der Waals surface area contributed by atoms with Crippen LogP contribution in [0.2, 0.25) is 0 Å². The second-order valence-electron chi connectivity index (χ2n) is 5.53. The molecule has 5 heteroatoms. The highest BCUT2D eigenvalue weighted by Crippen LogP contribution is 2.31. The lowest BCUT2D eigenvalue weighted by molar-refractivity contribution is 0.101. The maximum absolute atomic E-state index is 13.9. The van der Waals surface area contributed by atoms with E-state index in [1.54, 1.807) is 43.3 Å². The summed E-state index contributed by atoms with van der Waals surface area (Å²) in [5.74, 6) is -1.58. The van der Waals surface area contributed by atoms with Crippen molar-refractivity contribution >= 4 is 16.6 Å². The largest absolute Gasteiger partial charge is 0.488 e. The predicted molar refractivity (Wildman–Crippen MR) is 91.6 cm³/mol. The van der Waals surface area contributed by atoms with Gasteiger partial charge in [-0.1, -0.05) is 18.2 Å². The summed E-state index contributed by atoms with van der Waals surface area (Å²) in [6.45, 7) is 3.32. The van der Waals surface area contributed by atoms with Crippen LogP contribution in [-0.2, 0) is 0 Å². The number of Topliss-reactive ketones (excluding diaryl/α,β-unsaturated/α-hetero) is 1. The Kier molecular flexibility index (Phi) is 4.65. The Morgan fingerprint density at radius 2 is 1.56 bits per heavy atom. The summed E-state index contributed by atoms with van der Waals surface area (Å²) in [5.41, 5.74) is 0.622. The van der Waals surface area contributed by atoms with E-state index in [0.29, 0.717) is 11.3 Å². The van der Waals surface area contributed by atoms with Gasteiger partial charge >= 0.3 is 0 Å². The van der Waals surface area contributed by atoms with Gasteiger partial charge < -0.3 is 9.47 Å². The van der Waals surface area contributed by atoms with Gasteiger partial charge in [0.05, 0.1) is 6.61 Å². The highest BCUT2D eigenvalue weighted by atomic mass is 19.1. The normalized spacial score (nSPS) is 10.7. The van der Waals surface area contributed by atoms with Crippen LogP contribution < -0.4 is 9.47 Å². The molecule has 0 bridgehead atoms. The van der Waals surface area contributed by atoms with E-state index in [1.807, 2.05) is 0 Å².